The Bertz CT molecular complexity index is 356. The SMILES string of the molecule is CC1(C)[C@H]2CC[C@@H](C2)[C@@]1(C)NC(=O)C[N+](C)(C)C. The number of carbonyl (C=O) groups excluding carboxylic acids is 1. The Balaban J connectivity index is 2.10. The molecule has 3 heteroatoms. The number of nitrogens with one attached hydrogen (secondary N) is 1. The zero-order valence-electron chi connectivity index (χ0n) is 12.8. The fourth-order valence-electron chi connectivity index (χ4n) is 4.13. The summed E-state index contributed by atoms with van der Waals surface area (Å²) in [4.78, 5) is 12.3. The van der Waals surface area contributed by atoms with E-state index in [4.69, 9.17) is 0 Å². The van der Waals surface area contributed by atoms with Crippen LogP contribution >= 0.6 is 0 Å². The second-order valence-electron chi connectivity index (χ2n) is 8.13. The lowest BCUT2D eigenvalue weighted by Crippen LogP contribution is -2.61. The average Bonchev–Trinajstić information content (AvgIpc) is 2.66. The smallest absolute Gasteiger partial charge is 0.275 e. The number of fused-ring (bicyclic) bond motifs is 2. The Labute approximate surface area is 112 Å². The fraction of sp³-hybridized carbons (Fsp3) is 0.933. The maximum Gasteiger partial charge on any atom is 0.275 e. The predicted molar refractivity (Wildman–Crippen MR) is 74.1 cm³/mol. The van der Waals surface area contributed by atoms with Gasteiger partial charge in [0.15, 0.2) is 6.54 Å². The van der Waals surface area contributed by atoms with E-state index in [-0.39, 0.29) is 16.9 Å². The van der Waals surface area contributed by atoms with Crippen molar-refractivity contribution in [3.05, 3.63) is 0 Å². The average molecular weight is 253 g/mol. The van der Waals surface area contributed by atoms with Crippen LogP contribution in [0.5, 0.6) is 0 Å². The van der Waals surface area contributed by atoms with Gasteiger partial charge in [-0.1, -0.05) is 13.8 Å². The van der Waals surface area contributed by atoms with Crippen molar-refractivity contribution in [3.63, 3.8) is 0 Å². The van der Waals surface area contributed by atoms with Crippen molar-refractivity contribution in [1.29, 1.82) is 0 Å². The Morgan fingerprint density at radius 1 is 1.17 bits per heavy atom. The Hall–Kier alpha value is -0.570. The molecule has 0 aromatic carbocycles. The second-order valence-corrected chi connectivity index (χ2v) is 8.13. The standard InChI is InChI=1S/C15H28N2O/c1-14(2)11-7-8-12(9-11)15(14,3)16-13(18)10-17(4,5)6/h11-12H,7-10H2,1-6H3/p+1/t11-,12-,15+/m0/s1. The first kappa shape index (κ1) is 13.9. The molecule has 2 bridgehead atoms. The Kier molecular flexibility index (Phi) is 3.05. The molecule has 0 aromatic heterocycles. The molecular formula is C15H29N2O+. The molecule has 0 unspecified atom stereocenters. The molecule has 1 amide bonds. The van der Waals surface area contributed by atoms with Crippen molar-refractivity contribution in [2.45, 2.75) is 45.6 Å². The lowest BCUT2D eigenvalue weighted by Gasteiger charge is -2.48. The van der Waals surface area contributed by atoms with E-state index in [2.05, 4.69) is 47.2 Å². The zero-order chi connectivity index (χ0) is 13.8. The molecule has 0 heterocycles. The number of hydrogen-bond acceptors (Lipinski definition) is 1. The lowest BCUT2D eigenvalue weighted by atomic mass is 9.64. The van der Waals surface area contributed by atoms with Gasteiger partial charge in [-0.15, -0.1) is 0 Å². The van der Waals surface area contributed by atoms with Crippen molar-refractivity contribution >= 4 is 5.91 Å². The summed E-state index contributed by atoms with van der Waals surface area (Å²) in [5, 5.41) is 3.38. The maximum atomic E-state index is 12.3. The number of quaternary nitrogens is 1. The van der Waals surface area contributed by atoms with Crippen LogP contribution in [0.2, 0.25) is 0 Å². The molecule has 18 heavy (non-hydrogen) atoms. The zero-order valence-corrected chi connectivity index (χ0v) is 12.8. The van der Waals surface area contributed by atoms with Crippen molar-refractivity contribution in [3.8, 4) is 0 Å². The first-order valence-corrected chi connectivity index (χ1v) is 7.18. The fourth-order valence-corrected chi connectivity index (χ4v) is 4.13. The summed E-state index contributed by atoms with van der Waals surface area (Å²) in [6, 6.07) is 0. The van der Waals surface area contributed by atoms with Crippen LogP contribution in [0, 0.1) is 17.3 Å². The summed E-state index contributed by atoms with van der Waals surface area (Å²) in [5.41, 5.74) is 0.221. The topological polar surface area (TPSA) is 29.1 Å². The van der Waals surface area contributed by atoms with Gasteiger partial charge in [0, 0.05) is 5.54 Å². The van der Waals surface area contributed by atoms with E-state index in [1.165, 1.54) is 19.3 Å². The van der Waals surface area contributed by atoms with Gasteiger partial charge in [-0.05, 0) is 43.4 Å². The largest absolute Gasteiger partial charge is 0.345 e. The molecule has 0 aromatic rings. The van der Waals surface area contributed by atoms with E-state index in [1.54, 1.807) is 0 Å². The molecule has 0 spiro atoms. The monoisotopic (exact) mass is 253 g/mol. The highest BCUT2D eigenvalue weighted by Gasteiger charge is 2.60. The van der Waals surface area contributed by atoms with Gasteiger partial charge in [0.05, 0.1) is 21.1 Å². The quantitative estimate of drug-likeness (QED) is 0.766. The highest BCUT2D eigenvalue weighted by Crippen LogP contribution is 2.61. The van der Waals surface area contributed by atoms with Crippen molar-refractivity contribution < 1.29 is 9.28 Å². The summed E-state index contributed by atoms with van der Waals surface area (Å²) in [5.74, 6) is 1.66. The van der Waals surface area contributed by atoms with Gasteiger partial charge >= 0.3 is 0 Å². The van der Waals surface area contributed by atoms with Crippen LogP contribution in [0.4, 0.5) is 0 Å². The number of carbonyl (C=O) groups is 1. The molecule has 0 radical (unpaired) electrons. The van der Waals surface area contributed by atoms with Gasteiger partial charge in [0.1, 0.15) is 0 Å². The summed E-state index contributed by atoms with van der Waals surface area (Å²) >= 11 is 0. The van der Waals surface area contributed by atoms with E-state index in [0.29, 0.717) is 16.9 Å². The minimum Gasteiger partial charge on any atom is -0.345 e. The minimum atomic E-state index is -0.0117. The second kappa shape index (κ2) is 3.96. The van der Waals surface area contributed by atoms with Gasteiger partial charge in [0.25, 0.3) is 5.91 Å². The van der Waals surface area contributed by atoms with Crippen LogP contribution in [0.3, 0.4) is 0 Å². The van der Waals surface area contributed by atoms with Crippen molar-refractivity contribution in [1.82, 2.24) is 5.32 Å². The van der Waals surface area contributed by atoms with Gasteiger partial charge in [0.2, 0.25) is 0 Å². The van der Waals surface area contributed by atoms with Crippen molar-refractivity contribution in [2.75, 3.05) is 27.7 Å². The normalized spacial score (nSPS) is 37.9. The molecule has 0 aliphatic heterocycles. The molecule has 2 aliphatic carbocycles. The van der Waals surface area contributed by atoms with Crippen LogP contribution in [-0.4, -0.2) is 43.6 Å². The van der Waals surface area contributed by atoms with E-state index in [9.17, 15) is 4.79 Å². The Morgan fingerprint density at radius 2 is 1.72 bits per heavy atom. The van der Waals surface area contributed by atoms with E-state index < -0.39 is 0 Å². The summed E-state index contributed by atoms with van der Waals surface area (Å²) in [6.45, 7) is 7.50. The van der Waals surface area contributed by atoms with Gasteiger partial charge in [-0.3, -0.25) is 4.79 Å². The number of amides is 1. The van der Waals surface area contributed by atoms with Gasteiger partial charge < -0.3 is 9.80 Å². The van der Waals surface area contributed by atoms with Gasteiger partial charge in [-0.2, -0.15) is 0 Å². The summed E-state index contributed by atoms with van der Waals surface area (Å²) in [6.07, 6.45) is 3.93. The maximum absolute atomic E-state index is 12.3. The number of likely N-dealkylation sites (N-methyl/N-ethyl adjacent to an activating group) is 1. The molecule has 0 saturated heterocycles. The first-order valence-electron chi connectivity index (χ1n) is 7.18. The molecule has 3 atom stereocenters. The Morgan fingerprint density at radius 3 is 2.17 bits per heavy atom. The number of rotatable bonds is 3. The lowest BCUT2D eigenvalue weighted by molar-refractivity contribution is -0.862. The highest BCUT2D eigenvalue weighted by atomic mass is 16.2. The van der Waals surface area contributed by atoms with Crippen LogP contribution in [-0.2, 0) is 4.79 Å². The molecule has 2 fully saturated rings. The molecule has 104 valence electrons. The minimum absolute atomic E-state index is 0.0117. The third-order valence-corrected chi connectivity index (χ3v) is 5.63. The number of nitrogens with zero attached hydrogens (tertiary/aromatic N) is 1. The first-order chi connectivity index (χ1) is 8.06. The number of hydrogen-bond donors (Lipinski definition) is 1. The van der Waals surface area contributed by atoms with Crippen molar-refractivity contribution in [2.24, 2.45) is 17.3 Å². The summed E-state index contributed by atoms with van der Waals surface area (Å²) in [7, 11) is 6.19. The summed E-state index contributed by atoms with van der Waals surface area (Å²) < 4.78 is 0.691. The third-order valence-electron chi connectivity index (χ3n) is 5.63. The van der Waals surface area contributed by atoms with Crippen LogP contribution in [0.15, 0.2) is 0 Å². The van der Waals surface area contributed by atoms with Crippen LogP contribution in [0.25, 0.3) is 0 Å². The highest BCUT2D eigenvalue weighted by molar-refractivity contribution is 5.78. The predicted octanol–water partition coefficient (Wildman–Crippen LogP) is 2.02. The third kappa shape index (κ3) is 2.07. The van der Waals surface area contributed by atoms with Crippen LogP contribution < -0.4 is 5.32 Å². The van der Waals surface area contributed by atoms with Gasteiger partial charge in [-0.25, -0.2) is 0 Å². The molecule has 1 N–H and O–H groups in total. The van der Waals surface area contributed by atoms with E-state index in [0.717, 1.165) is 5.92 Å². The molecular weight excluding hydrogens is 224 g/mol. The molecule has 2 saturated carbocycles. The van der Waals surface area contributed by atoms with Crippen LogP contribution in [0.1, 0.15) is 40.0 Å². The molecule has 2 aliphatic rings. The van der Waals surface area contributed by atoms with E-state index in [1.807, 2.05) is 0 Å². The van der Waals surface area contributed by atoms with E-state index >= 15 is 0 Å². The molecule has 3 nitrogen and oxygen atoms in total. The molecule has 2 rings (SSSR count).